The Labute approximate surface area is 140 Å². The monoisotopic (exact) mass is 318 g/mol. The summed E-state index contributed by atoms with van der Waals surface area (Å²) in [7, 11) is 1.71. The number of allylic oxidation sites excluding steroid dienone is 1. The highest BCUT2D eigenvalue weighted by Gasteiger charge is 2.18. The van der Waals surface area contributed by atoms with E-state index in [-0.39, 0.29) is 0 Å². The summed E-state index contributed by atoms with van der Waals surface area (Å²) in [6.45, 7) is 9.20. The summed E-state index contributed by atoms with van der Waals surface area (Å²) in [6, 6.07) is 6.34. The van der Waals surface area contributed by atoms with Gasteiger partial charge in [-0.25, -0.2) is 0 Å². The number of aliphatic hydroxyl groups excluding tert-OH is 1. The maximum atomic E-state index is 9.28. The van der Waals surface area contributed by atoms with E-state index >= 15 is 0 Å². The Morgan fingerprint density at radius 2 is 2.35 bits per heavy atom. The Morgan fingerprint density at radius 3 is 3.09 bits per heavy atom. The molecule has 1 aromatic carbocycles. The van der Waals surface area contributed by atoms with Crippen molar-refractivity contribution < 1.29 is 9.84 Å². The van der Waals surface area contributed by atoms with Crippen molar-refractivity contribution >= 4 is 0 Å². The van der Waals surface area contributed by atoms with Gasteiger partial charge < -0.3 is 20.1 Å². The van der Waals surface area contributed by atoms with Gasteiger partial charge in [-0.3, -0.25) is 0 Å². The summed E-state index contributed by atoms with van der Waals surface area (Å²) in [5, 5.41) is 12.8. The first-order chi connectivity index (χ1) is 11.3. The molecule has 1 aliphatic rings. The fourth-order valence-corrected chi connectivity index (χ4v) is 3.23. The number of piperidine rings is 1. The van der Waals surface area contributed by atoms with Gasteiger partial charge in [0.1, 0.15) is 5.75 Å². The summed E-state index contributed by atoms with van der Waals surface area (Å²) < 4.78 is 5.38. The van der Waals surface area contributed by atoms with E-state index in [0.29, 0.717) is 12.5 Å². The lowest BCUT2D eigenvalue weighted by Gasteiger charge is -2.31. The zero-order valence-corrected chi connectivity index (χ0v) is 14.3. The first kappa shape index (κ1) is 18.0. The van der Waals surface area contributed by atoms with Crippen LogP contribution in [0.2, 0.25) is 0 Å². The average molecular weight is 318 g/mol. The molecule has 4 nitrogen and oxygen atoms in total. The number of hydrogen-bond donors (Lipinski definition) is 2. The van der Waals surface area contributed by atoms with Gasteiger partial charge in [-0.1, -0.05) is 18.2 Å². The molecule has 1 aromatic rings. The van der Waals surface area contributed by atoms with Crippen LogP contribution in [0.5, 0.6) is 5.75 Å². The van der Waals surface area contributed by atoms with E-state index in [0.717, 1.165) is 44.9 Å². The molecule has 23 heavy (non-hydrogen) atoms. The van der Waals surface area contributed by atoms with E-state index in [2.05, 4.69) is 28.9 Å². The van der Waals surface area contributed by atoms with Crippen LogP contribution in [-0.2, 0) is 13.0 Å². The first-order valence-electron chi connectivity index (χ1n) is 8.57. The van der Waals surface area contributed by atoms with E-state index in [1.165, 1.54) is 24.0 Å². The molecule has 128 valence electrons. The quantitative estimate of drug-likeness (QED) is 0.541. The van der Waals surface area contributed by atoms with Crippen molar-refractivity contribution in [3.8, 4) is 5.75 Å². The zero-order chi connectivity index (χ0) is 16.5. The Balaban J connectivity index is 1.75. The van der Waals surface area contributed by atoms with Crippen LogP contribution < -0.4 is 10.1 Å². The van der Waals surface area contributed by atoms with Crippen molar-refractivity contribution in [2.24, 2.45) is 5.92 Å². The van der Waals surface area contributed by atoms with Gasteiger partial charge in [0.05, 0.1) is 7.11 Å². The SMILES string of the molecule is C=CCc1cc(CNCCN2CCCC(CO)C2)ccc1OC. The number of nitrogens with one attached hydrogen (secondary N) is 1. The van der Waals surface area contributed by atoms with Crippen LogP contribution in [0.15, 0.2) is 30.9 Å². The summed E-state index contributed by atoms with van der Waals surface area (Å²) in [6.07, 6.45) is 5.10. The van der Waals surface area contributed by atoms with E-state index < -0.39 is 0 Å². The van der Waals surface area contributed by atoms with Crippen molar-refractivity contribution in [2.75, 3.05) is 39.9 Å². The average Bonchev–Trinajstić information content (AvgIpc) is 2.59. The second-order valence-electron chi connectivity index (χ2n) is 6.31. The number of nitrogens with zero attached hydrogens (tertiary/aromatic N) is 1. The van der Waals surface area contributed by atoms with E-state index in [1.807, 2.05) is 12.1 Å². The van der Waals surface area contributed by atoms with Gasteiger partial charge in [0.25, 0.3) is 0 Å². The Kier molecular flexibility index (Phi) is 7.59. The molecule has 4 heteroatoms. The molecule has 0 saturated carbocycles. The van der Waals surface area contributed by atoms with E-state index in [4.69, 9.17) is 4.74 Å². The topological polar surface area (TPSA) is 44.7 Å². The third-order valence-corrected chi connectivity index (χ3v) is 4.50. The third kappa shape index (κ3) is 5.65. The molecule has 0 bridgehead atoms. The molecule has 0 spiro atoms. The lowest BCUT2D eigenvalue weighted by Crippen LogP contribution is -2.40. The van der Waals surface area contributed by atoms with Gasteiger partial charge in [-0.2, -0.15) is 0 Å². The van der Waals surface area contributed by atoms with Gasteiger partial charge in [0.15, 0.2) is 0 Å². The van der Waals surface area contributed by atoms with Crippen LogP contribution in [0.3, 0.4) is 0 Å². The Morgan fingerprint density at radius 1 is 1.48 bits per heavy atom. The maximum absolute atomic E-state index is 9.28. The van der Waals surface area contributed by atoms with Crippen molar-refractivity contribution in [3.05, 3.63) is 42.0 Å². The number of aliphatic hydroxyl groups is 1. The van der Waals surface area contributed by atoms with Crippen LogP contribution in [0.4, 0.5) is 0 Å². The van der Waals surface area contributed by atoms with Crippen LogP contribution in [-0.4, -0.2) is 49.9 Å². The number of likely N-dealkylation sites (tertiary alicyclic amines) is 1. The largest absolute Gasteiger partial charge is 0.496 e. The molecule has 1 heterocycles. The molecule has 1 saturated heterocycles. The highest BCUT2D eigenvalue weighted by Crippen LogP contribution is 2.20. The fraction of sp³-hybridized carbons (Fsp3) is 0.579. The minimum atomic E-state index is 0.321. The van der Waals surface area contributed by atoms with Crippen molar-refractivity contribution in [1.29, 1.82) is 0 Å². The second-order valence-corrected chi connectivity index (χ2v) is 6.31. The second kappa shape index (κ2) is 9.71. The zero-order valence-electron chi connectivity index (χ0n) is 14.3. The molecule has 0 aliphatic carbocycles. The number of benzene rings is 1. The Bertz CT molecular complexity index is 490. The molecule has 2 N–H and O–H groups in total. The van der Waals surface area contributed by atoms with Crippen LogP contribution in [0.1, 0.15) is 24.0 Å². The number of rotatable bonds is 9. The lowest BCUT2D eigenvalue weighted by molar-refractivity contribution is 0.121. The molecule has 1 aliphatic heterocycles. The normalized spacial score (nSPS) is 18.8. The highest BCUT2D eigenvalue weighted by molar-refractivity contribution is 5.38. The molecular formula is C19H30N2O2. The summed E-state index contributed by atoms with van der Waals surface area (Å²) >= 11 is 0. The minimum Gasteiger partial charge on any atom is -0.496 e. The molecule has 1 fully saturated rings. The standard InChI is InChI=1S/C19H30N2O2/c1-3-5-18-12-16(7-8-19(18)23-2)13-20-9-11-21-10-4-6-17(14-21)15-22/h3,7-8,12,17,20,22H,1,4-6,9-11,13-15H2,2H3. The van der Waals surface area contributed by atoms with Gasteiger partial charge in [0.2, 0.25) is 0 Å². The fourth-order valence-electron chi connectivity index (χ4n) is 3.23. The first-order valence-corrected chi connectivity index (χ1v) is 8.57. The van der Waals surface area contributed by atoms with Crippen molar-refractivity contribution in [1.82, 2.24) is 10.2 Å². The minimum absolute atomic E-state index is 0.321. The van der Waals surface area contributed by atoms with Gasteiger partial charge in [-0.05, 0) is 48.9 Å². The van der Waals surface area contributed by atoms with E-state index in [9.17, 15) is 5.11 Å². The van der Waals surface area contributed by atoms with Gasteiger partial charge in [0, 0.05) is 32.8 Å². The van der Waals surface area contributed by atoms with Crippen LogP contribution in [0, 0.1) is 5.92 Å². The highest BCUT2D eigenvalue weighted by atomic mass is 16.5. The van der Waals surface area contributed by atoms with Gasteiger partial charge in [-0.15, -0.1) is 6.58 Å². The molecule has 1 unspecified atom stereocenters. The molecule has 0 aromatic heterocycles. The number of ether oxygens (including phenoxy) is 1. The van der Waals surface area contributed by atoms with Crippen molar-refractivity contribution in [3.63, 3.8) is 0 Å². The Hall–Kier alpha value is -1.36. The summed E-state index contributed by atoms with van der Waals surface area (Å²) in [4.78, 5) is 2.45. The molecule has 0 amide bonds. The lowest BCUT2D eigenvalue weighted by atomic mass is 9.99. The summed E-state index contributed by atoms with van der Waals surface area (Å²) in [5.74, 6) is 1.39. The smallest absolute Gasteiger partial charge is 0.122 e. The number of hydrogen-bond acceptors (Lipinski definition) is 4. The predicted octanol–water partition coefficient (Wildman–Crippen LogP) is 2.22. The molecular weight excluding hydrogens is 288 g/mol. The molecule has 0 radical (unpaired) electrons. The number of methoxy groups -OCH3 is 1. The third-order valence-electron chi connectivity index (χ3n) is 4.50. The predicted molar refractivity (Wildman–Crippen MR) is 94.9 cm³/mol. The van der Waals surface area contributed by atoms with E-state index in [1.54, 1.807) is 7.11 Å². The summed E-state index contributed by atoms with van der Waals surface area (Å²) in [5.41, 5.74) is 2.46. The van der Waals surface area contributed by atoms with Crippen LogP contribution in [0.25, 0.3) is 0 Å². The molecule has 1 atom stereocenters. The van der Waals surface area contributed by atoms with Gasteiger partial charge >= 0.3 is 0 Å². The maximum Gasteiger partial charge on any atom is 0.122 e. The van der Waals surface area contributed by atoms with Crippen LogP contribution >= 0.6 is 0 Å². The van der Waals surface area contributed by atoms with Crippen molar-refractivity contribution in [2.45, 2.75) is 25.8 Å². The molecule has 2 rings (SSSR count).